The third-order valence-corrected chi connectivity index (χ3v) is 6.54. The van der Waals surface area contributed by atoms with Crippen LogP contribution in [0.2, 0.25) is 0 Å². The molecular formula is C21H21N3O2S. The number of ether oxygens (including phenoxy) is 1. The second-order valence-corrected chi connectivity index (χ2v) is 8.16. The number of aromatic nitrogens is 1. The number of methoxy groups -OCH3 is 1. The molecule has 3 heterocycles. The van der Waals surface area contributed by atoms with E-state index < -0.39 is 0 Å². The minimum absolute atomic E-state index is 0.0534. The van der Waals surface area contributed by atoms with E-state index in [2.05, 4.69) is 23.1 Å². The van der Waals surface area contributed by atoms with E-state index in [1.165, 1.54) is 5.56 Å². The van der Waals surface area contributed by atoms with Crippen molar-refractivity contribution < 1.29 is 9.53 Å². The van der Waals surface area contributed by atoms with Crippen LogP contribution in [0.5, 0.6) is 5.75 Å². The highest BCUT2D eigenvalue weighted by Crippen LogP contribution is 2.36. The molecule has 3 aromatic rings. The van der Waals surface area contributed by atoms with Crippen molar-refractivity contribution in [2.45, 2.75) is 12.8 Å². The zero-order chi connectivity index (χ0) is 18.4. The zero-order valence-corrected chi connectivity index (χ0v) is 16.0. The number of carbonyl (C=O) groups excluding carboxylic acids is 1. The van der Waals surface area contributed by atoms with Crippen molar-refractivity contribution in [1.82, 2.24) is 4.98 Å². The van der Waals surface area contributed by atoms with Gasteiger partial charge in [-0.1, -0.05) is 29.5 Å². The van der Waals surface area contributed by atoms with Gasteiger partial charge >= 0.3 is 0 Å². The molecule has 2 aliphatic rings. The molecule has 0 bridgehead atoms. The molecule has 0 atom stereocenters. The molecule has 0 aliphatic carbocycles. The minimum atomic E-state index is 0.0534. The molecule has 2 aromatic carbocycles. The number of fused-ring (bicyclic) bond motifs is 2. The number of thiazole rings is 1. The van der Waals surface area contributed by atoms with Gasteiger partial charge in [-0.3, -0.25) is 4.79 Å². The lowest BCUT2D eigenvalue weighted by Gasteiger charge is -2.41. The van der Waals surface area contributed by atoms with Crippen LogP contribution in [0.3, 0.4) is 0 Å². The van der Waals surface area contributed by atoms with Gasteiger partial charge in [0.15, 0.2) is 5.13 Å². The maximum absolute atomic E-state index is 13.0. The minimum Gasteiger partial charge on any atom is -0.497 e. The molecule has 6 heteroatoms. The lowest BCUT2D eigenvalue weighted by molar-refractivity contribution is -0.123. The Bertz CT molecular complexity index is 1010. The summed E-state index contributed by atoms with van der Waals surface area (Å²) in [6, 6.07) is 14.2. The summed E-state index contributed by atoms with van der Waals surface area (Å²) in [4.78, 5) is 22.0. The van der Waals surface area contributed by atoms with Gasteiger partial charge in [0.05, 0.1) is 23.2 Å². The SMILES string of the molecule is COc1ccc2nc(N3CC(C(=O)N4CCCc5ccccc54)C3)sc2c1. The number of aryl methyl sites for hydroxylation is 1. The van der Waals surface area contributed by atoms with Crippen molar-refractivity contribution >= 4 is 38.3 Å². The molecule has 27 heavy (non-hydrogen) atoms. The Morgan fingerprint density at radius 2 is 2.07 bits per heavy atom. The molecule has 0 spiro atoms. The first kappa shape index (κ1) is 16.6. The molecule has 0 unspecified atom stereocenters. The van der Waals surface area contributed by atoms with Gasteiger partial charge in [-0.15, -0.1) is 0 Å². The fourth-order valence-electron chi connectivity index (χ4n) is 3.93. The number of para-hydroxylation sites is 1. The molecule has 0 N–H and O–H groups in total. The van der Waals surface area contributed by atoms with Crippen molar-refractivity contribution in [3.8, 4) is 5.75 Å². The summed E-state index contributed by atoms with van der Waals surface area (Å²) >= 11 is 1.66. The second kappa shape index (κ2) is 6.53. The highest BCUT2D eigenvalue weighted by atomic mass is 32.1. The van der Waals surface area contributed by atoms with E-state index in [1.807, 2.05) is 29.2 Å². The van der Waals surface area contributed by atoms with Gasteiger partial charge in [-0.25, -0.2) is 4.98 Å². The Balaban J connectivity index is 1.30. The normalized spacial score (nSPS) is 16.9. The van der Waals surface area contributed by atoms with Crippen molar-refractivity contribution in [3.63, 3.8) is 0 Å². The Kier molecular flexibility index (Phi) is 4.01. The van der Waals surface area contributed by atoms with E-state index in [4.69, 9.17) is 9.72 Å². The van der Waals surface area contributed by atoms with Gasteiger partial charge in [-0.05, 0) is 42.7 Å². The number of benzene rings is 2. The first-order chi connectivity index (χ1) is 13.2. The fourth-order valence-corrected chi connectivity index (χ4v) is 4.94. The van der Waals surface area contributed by atoms with E-state index in [0.29, 0.717) is 0 Å². The largest absolute Gasteiger partial charge is 0.497 e. The zero-order valence-electron chi connectivity index (χ0n) is 15.2. The summed E-state index contributed by atoms with van der Waals surface area (Å²) in [6.07, 6.45) is 2.10. The molecule has 138 valence electrons. The van der Waals surface area contributed by atoms with Crippen LogP contribution in [0.25, 0.3) is 10.2 Å². The lowest BCUT2D eigenvalue weighted by atomic mass is 9.95. The van der Waals surface area contributed by atoms with Crippen LogP contribution in [0.15, 0.2) is 42.5 Å². The molecule has 1 fully saturated rings. The quantitative estimate of drug-likeness (QED) is 0.696. The maximum Gasteiger partial charge on any atom is 0.233 e. The average Bonchev–Trinajstić information content (AvgIpc) is 3.08. The molecule has 1 amide bonds. The number of carbonyl (C=O) groups is 1. The number of anilines is 2. The topological polar surface area (TPSA) is 45.7 Å². The smallest absolute Gasteiger partial charge is 0.233 e. The van der Waals surface area contributed by atoms with Gasteiger partial charge in [0.25, 0.3) is 0 Å². The second-order valence-electron chi connectivity index (χ2n) is 7.15. The highest BCUT2D eigenvalue weighted by molar-refractivity contribution is 7.22. The van der Waals surface area contributed by atoms with Crippen LogP contribution in [-0.4, -0.2) is 37.6 Å². The summed E-state index contributed by atoms with van der Waals surface area (Å²) < 4.78 is 6.41. The fraction of sp³-hybridized carbons (Fsp3) is 0.333. The van der Waals surface area contributed by atoms with E-state index >= 15 is 0 Å². The van der Waals surface area contributed by atoms with Crippen LogP contribution in [0.1, 0.15) is 12.0 Å². The van der Waals surface area contributed by atoms with Gasteiger partial charge in [-0.2, -0.15) is 0 Å². The van der Waals surface area contributed by atoms with Crippen LogP contribution in [-0.2, 0) is 11.2 Å². The van der Waals surface area contributed by atoms with Crippen LogP contribution < -0.4 is 14.5 Å². The predicted molar refractivity (Wildman–Crippen MR) is 109 cm³/mol. The predicted octanol–water partition coefficient (Wildman–Crippen LogP) is 3.72. The number of nitrogens with zero attached hydrogens (tertiary/aromatic N) is 3. The first-order valence-corrected chi connectivity index (χ1v) is 10.1. The third kappa shape index (κ3) is 2.84. The molecular weight excluding hydrogens is 358 g/mol. The standard InChI is InChI=1S/C21H21N3O2S/c1-26-16-8-9-17-19(11-16)27-21(22-17)23-12-15(13-23)20(25)24-10-4-6-14-5-2-3-7-18(14)24/h2-3,5,7-9,11,15H,4,6,10,12-13H2,1H3. The highest BCUT2D eigenvalue weighted by Gasteiger charge is 2.38. The number of rotatable bonds is 3. The summed E-state index contributed by atoms with van der Waals surface area (Å²) in [5.41, 5.74) is 3.36. The molecule has 0 radical (unpaired) electrons. The number of amides is 1. The molecule has 5 nitrogen and oxygen atoms in total. The Labute approximate surface area is 162 Å². The van der Waals surface area contributed by atoms with Crippen molar-refractivity contribution in [2.24, 2.45) is 5.92 Å². The third-order valence-electron chi connectivity index (χ3n) is 5.46. The van der Waals surface area contributed by atoms with E-state index in [1.54, 1.807) is 18.4 Å². The summed E-state index contributed by atoms with van der Waals surface area (Å²) in [7, 11) is 1.67. The molecule has 5 rings (SSSR count). The van der Waals surface area contributed by atoms with Crippen molar-refractivity contribution in [3.05, 3.63) is 48.0 Å². The van der Waals surface area contributed by atoms with Crippen LogP contribution >= 0.6 is 11.3 Å². The van der Waals surface area contributed by atoms with Crippen LogP contribution in [0.4, 0.5) is 10.8 Å². The summed E-state index contributed by atoms with van der Waals surface area (Å²) in [5.74, 6) is 1.15. The maximum atomic E-state index is 13.0. The number of hydrogen-bond donors (Lipinski definition) is 0. The van der Waals surface area contributed by atoms with Gasteiger partial charge in [0.1, 0.15) is 5.75 Å². The monoisotopic (exact) mass is 379 g/mol. The van der Waals surface area contributed by atoms with Gasteiger partial charge in [0, 0.05) is 25.3 Å². The van der Waals surface area contributed by atoms with Crippen molar-refractivity contribution in [1.29, 1.82) is 0 Å². The summed E-state index contributed by atoms with van der Waals surface area (Å²) in [5, 5.41) is 0.987. The number of hydrogen-bond acceptors (Lipinski definition) is 5. The molecule has 2 aliphatic heterocycles. The van der Waals surface area contributed by atoms with Crippen LogP contribution in [0, 0.1) is 5.92 Å². The first-order valence-electron chi connectivity index (χ1n) is 9.32. The Morgan fingerprint density at radius 3 is 2.93 bits per heavy atom. The lowest BCUT2D eigenvalue weighted by Crippen LogP contribution is -2.55. The van der Waals surface area contributed by atoms with E-state index in [0.717, 1.165) is 59.3 Å². The van der Waals surface area contributed by atoms with Gasteiger partial charge < -0.3 is 14.5 Å². The van der Waals surface area contributed by atoms with E-state index in [9.17, 15) is 4.79 Å². The molecule has 1 aromatic heterocycles. The molecule has 1 saturated heterocycles. The van der Waals surface area contributed by atoms with Crippen molar-refractivity contribution in [2.75, 3.05) is 36.5 Å². The van der Waals surface area contributed by atoms with Gasteiger partial charge in [0.2, 0.25) is 5.91 Å². The Morgan fingerprint density at radius 1 is 1.22 bits per heavy atom. The van der Waals surface area contributed by atoms with E-state index in [-0.39, 0.29) is 11.8 Å². The summed E-state index contributed by atoms with van der Waals surface area (Å²) in [6.45, 7) is 2.32. The average molecular weight is 379 g/mol. The Hall–Kier alpha value is -2.60. The molecule has 0 saturated carbocycles.